The van der Waals surface area contributed by atoms with E-state index in [9.17, 15) is 13.6 Å². The Hall–Kier alpha value is -2.84. The van der Waals surface area contributed by atoms with E-state index in [0.717, 1.165) is 31.0 Å². The molecule has 4 N–H and O–H groups in total. The van der Waals surface area contributed by atoms with Crippen molar-refractivity contribution in [1.82, 2.24) is 9.97 Å². The number of anilines is 1. The third kappa shape index (κ3) is 3.74. The van der Waals surface area contributed by atoms with Crippen molar-refractivity contribution in [3.63, 3.8) is 0 Å². The van der Waals surface area contributed by atoms with Crippen molar-refractivity contribution in [2.75, 3.05) is 18.5 Å². The number of nitrogens with two attached hydrogens (primary N) is 1. The average Bonchev–Trinajstić information content (AvgIpc) is 3.13. The van der Waals surface area contributed by atoms with Crippen LogP contribution in [0, 0.1) is 17.6 Å². The van der Waals surface area contributed by atoms with Gasteiger partial charge < -0.3 is 20.8 Å². The van der Waals surface area contributed by atoms with Crippen molar-refractivity contribution in [1.29, 1.82) is 0 Å². The standard InChI is InChI=1S/C20H20F2N4O2/c21-12-1-3-15(22)14(9-12)19-25-16-4-2-13(10-17(16)26-19)24-20(27)18(23)11-5-7-28-8-6-11/h1-4,9-11,18H,5-8,23H2,(H,24,27)(H,25,26). The number of aromatic amines is 1. The van der Waals surface area contributed by atoms with E-state index in [2.05, 4.69) is 15.3 Å². The smallest absolute Gasteiger partial charge is 0.241 e. The van der Waals surface area contributed by atoms with Crippen LogP contribution < -0.4 is 11.1 Å². The summed E-state index contributed by atoms with van der Waals surface area (Å²) in [6, 6.07) is 7.67. The van der Waals surface area contributed by atoms with E-state index in [1.807, 2.05) is 0 Å². The predicted molar refractivity (Wildman–Crippen MR) is 102 cm³/mol. The van der Waals surface area contributed by atoms with E-state index < -0.39 is 17.7 Å². The Morgan fingerprint density at radius 1 is 1.21 bits per heavy atom. The largest absolute Gasteiger partial charge is 0.381 e. The Morgan fingerprint density at radius 3 is 2.79 bits per heavy atom. The number of imidazole rings is 1. The van der Waals surface area contributed by atoms with E-state index in [4.69, 9.17) is 10.5 Å². The molecule has 1 atom stereocenters. The number of rotatable bonds is 4. The number of amides is 1. The maximum atomic E-state index is 14.0. The van der Waals surface area contributed by atoms with Crippen molar-refractivity contribution in [2.24, 2.45) is 11.7 Å². The molecule has 0 spiro atoms. The molecule has 2 heterocycles. The second-order valence-corrected chi connectivity index (χ2v) is 6.91. The SMILES string of the molecule is NC(C(=O)Nc1ccc2nc(-c3cc(F)ccc3F)[nH]c2c1)C1CCOCC1. The molecule has 0 bridgehead atoms. The summed E-state index contributed by atoms with van der Waals surface area (Å²) in [4.78, 5) is 19.7. The zero-order valence-corrected chi connectivity index (χ0v) is 15.0. The van der Waals surface area contributed by atoms with Gasteiger partial charge in [0, 0.05) is 18.9 Å². The molecule has 1 fully saturated rings. The van der Waals surface area contributed by atoms with Gasteiger partial charge >= 0.3 is 0 Å². The number of H-pyrrole nitrogens is 1. The van der Waals surface area contributed by atoms with Crippen LogP contribution in [0.25, 0.3) is 22.4 Å². The molecule has 0 radical (unpaired) electrons. The normalized spacial score (nSPS) is 16.2. The quantitative estimate of drug-likeness (QED) is 0.642. The molecule has 1 amide bonds. The Labute approximate surface area is 160 Å². The summed E-state index contributed by atoms with van der Waals surface area (Å²) in [7, 11) is 0. The first kappa shape index (κ1) is 18.5. The number of halogens is 2. The van der Waals surface area contributed by atoms with E-state index >= 15 is 0 Å². The number of nitrogens with zero attached hydrogens (tertiary/aromatic N) is 1. The number of nitrogens with one attached hydrogen (secondary N) is 2. The first-order valence-corrected chi connectivity index (χ1v) is 9.10. The van der Waals surface area contributed by atoms with Crippen LogP contribution in [0.5, 0.6) is 0 Å². The van der Waals surface area contributed by atoms with Crippen molar-refractivity contribution in [3.8, 4) is 11.4 Å². The monoisotopic (exact) mass is 386 g/mol. The highest BCUT2D eigenvalue weighted by Gasteiger charge is 2.26. The molecule has 4 rings (SSSR count). The van der Waals surface area contributed by atoms with Crippen molar-refractivity contribution in [3.05, 3.63) is 48.0 Å². The molecule has 0 aliphatic carbocycles. The predicted octanol–water partition coefficient (Wildman–Crippen LogP) is 3.20. The zero-order valence-electron chi connectivity index (χ0n) is 15.0. The number of benzene rings is 2. The number of hydrogen-bond acceptors (Lipinski definition) is 4. The summed E-state index contributed by atoms with van der Waals surface area (Å²) in [5, 5.41) is 2.81. The van der Waals surface area contributed by atoms with Crippen LogP contribution >= 0.6 is 0 Å². The molecule has 0 saturated carbocycles. The van der Waals surface area contributed by atoms with Crippen molar-refractivity contribution >= 4 is 22.6 Å². The molecular weight excluding hydrogens is 366 g/mol. The molecule has 8 heteroatoms. The van der Waals surface area contributed by atoms with Crippen LogP contribution in [0.4, 0.5) is 14.5 Å². The average molecular weight is 386 g/mol. The van der Waals surface area contributed by atoms with Gasteiger partial charge in [-0.05, 0) is 55.2 Å². The van der Waals surface area contributed by atoms with Gasteiger partial charge in [0.25, 0.3) is 0 Å². The summed E-state index contributed by atoms with van der Waals surface area (Å²) < 4.78 is 32.7. The molecule has 2 aromatic carbocycles. The molecule has 1 unspecified atom stereocenters. The van der Waals surface area contributed by atoms with Crippen LogP contribution in [0.15, 0.2) is 36.4 Å². The number of ether oxygens (including phenoxy) is 1. The topological polar surface area (TPSA) is 93.0 Å². The van der Waals surface area contributed by atoms with Crippen LogP contribution in [0.3, 0.4) is 0 Å². The second kappa shape index (κ2) is 7.65. The van der Waals surface area contributed by atoms with Gasteiger partial charge in [-0.3, -0.25) is 4.79 Å². The third-order valence-corrected chi connectivity index (χ3v) is 5.01. The lowest BCUT2D eigenvalue weighted by Gasteiger charge is -2.26. The lowest BCUT2D eigenvalue weighted by atomic mass is 9.92. The summed E-state index contributed by atoms with van der Waals surface area (Å²) >= 11 is 0. The summed E-state index contributed by atoms with van der Waals surface area (Å²) in [6.07, 6.45) is 1.52. The Bertz CT molecular complexity index is 1010. The fraction of sp³-hybridized carbons (Fsp3) is 0.300. The molecule has 1 aliphatic rings. The van der Waals surface area contributed by atoms with Gasteiger partial charge in [-0.15, -0.1) is 0 Å². The van der Waals surface area contributed by atoms with Gasteiger partial charge in [-0.25, -0.2) is 13.8 Å². The maximum absolute atomic E-state index is 14.0. The van der Waals surface area contributed by atoms with E-state index in [1.54, 1.807) is 18.2 Å². The Balaban J connectivity index is 1.54. The van der Waals surface area contributed by atoms with E-state index in [-0.39, 0.29) is 23.2 Å². The number of aromatic nitrogens is 2. The second-order valence-electron chi connectivity index (χ2n) is 6.91. The van der Waals surface area contributed by atoms with E-state index in [1.165, 1.54) is 0 Å². The van der Waals surface area contributed by atoms with Crippen LogP contribution in [-0.4, -0.2) is 35.1 Å². The molecular formula is C20H20F2N4O2. The highest BCUT2D eigenvalue weighted by atomic mass is 19.1. The van der Waals surface area contributed by atoms with Crippen molar-refractivity contribution in [2.45, 2.75) is 18.9 Å². The lowest BCUT2D eigenvalue weighted by molar-refractivity contribution is -0.119. The molecule has 1 aliphatic heterocycles. The molecule has 28 heavy (non-hydrogen) atoms. The highest BCUT2D eigenvalue weighted by molar-refractivity contribution is 5.96. The number of hydrogen-bond donors (Lipinski definition) is 3. The number of carbonyl (C=O) groups excluding carboxylic acids is 1. The zero-order chi connectivity index (χ0) is 19.7. The van der Waals surface area contributed by atoms with Gasteiger partial charge in [-0.2, -0.15) is 0 Å². The number of carbonyl (C=O) groups is 1. The van der Waals surface area contributed by atoms with Crippen LogP contribution in [0.1, 0.15) is 12.8 Å². The van der Waals surface area contributed by atoms with Crippen LogP contribution in [0.2, 0.25) is 0 Å². The first-order chi connectivity index (χ1) is 13.5. The highest BCUT2D eigenvalue weighted by Crippen LogP contribution is 2.26. The summed E-state index contributed by atoms with van der Waals surface area (Å²) in [5.41, 5.74) is 7.86. The summed E-state index contributed by atoms with van der Waals surface area (Å²) in [6.45, 7) is 1.23. The van der Waals surface area contributed by atoms with Gasteiger partial charge in [0.05, 0.1) is 22.6 Å². The first-order valence-electron chi connectivity index (χ1n) is 9.10. The fourth-order valence-corrected chi connectivity index (χ4v) is 3.41. The maximum Gasteiger partial charge on any atom is 0.241 e. The molecule has 1 aromatic heterocycles. The third-order valence-electron chi connectivity index (χ3n) is 5.01. The van der Waals surface area contributed by atoms with Crippen LogP contribution in [-0.2, 0) is 9.53 Å². The van der Waals surface area contributed by atoms with Gasteiger partial charge in [-0.1, -0.05) is 0 Å². The summed E-state index contributed by atoms with van der Waals surface area (Å²) in [5.74, 6) is -1.08. The van der Waals surface area contributed by atoms with Crippen molar-refractivity contribution < 1.29 is 18.3 Å². The Morgan fingerprint density at radius 2 is 2.00 bits per heavy atom. The Kier molecular flexibility index (Phi) is 5.06. The van der Waals surface area contributed by atoms with Gasteiger partial charge in [0.15, 0.2) is 0 Å². The molecule has 6 nitrogen and oxygen atoms in total. The minimum atomic E-state index is -0.613. The molecule has 1 saturated heterocycles. The minimum Gasteiger partial charge on any atom is -0.381 e. The van der Waals surface area contributed by atoms with Gasteiger partial charge in [0.2, 0.25) is 5.91 Å². The lowest BCUT2D eigenvalue weighted by Crippen LogP contribution is -2.43. The van der Waals surface area contributed by atoms with E-state index in [0.29, 0.717) is 29.9 Å². The minimum absolute atomic E-state index is 0.0447. The fourth-order valence-electron chi connectivity index (χ4n) is 3.41. The van der Waals surface area contributed by atoms with Gasteiger partial charge in [0.1, 0.15) is 17.5 Å². The number of fused-ring (bicyclic) bond motifs is 1. The molecule has 146 valence electrons. The molecule has 3 aromatic rings.